The van der Waals surface area contributed by atoms with Gasteiger partial charge in [-0.05, 0) is 62.7 Å². The van der Waals surface area contributed by atoms with Crippen molar-refractivity contribution in [3.63, 3.8) is 0 Å². The zero-order chi connectivity index (χ0) is 18.2. The van der Waals surface area contributed by atoms with E-state index >= 15 is 0 Å². The molecule has 0 atom stereocenters. The molecule has 0 aromatic carbocycles. The lowest BCUT2D eigenvalue weighted by atomic mass is 9.99. The minimum Gasteiger partial charge on any atom is -0.356 e. The molecule has 0 bridgehead atoms. The van der Waals surface area contributed by atoms with Crippen LogP contribution in [0.4, 0.5) is 0 Å². The van der Waals surface area contributed by atoms with Crippen LogP contribution in [0.15, 0.2) is 22.0 Å². The van der Waals surface area contributed by atoms with Crippen LogP contribution >= 0.6 is 11.3 Å². The number of hydrogen-bond donors (Lipinski definition) is 1. The van der Waals surface area contributed by atoms with E-state index in [0.29, 0.717) is 24.6 Å². The van der Waals surface area contributed by atoms with E-state index in [1.807, 2.05) is 17.5 Å². The summed E-state index contributed by atoms with van der Waals surface area (Å²) in [6.07, 6.45) is 5.68. The Morgan fingerprint density at radius 2 is 2.23 bits per heavy atom. The molecule has 1 saturated heterocycles. The molecule has 3 heterocycles. The zero-order valence-corrected chi connectivity index (χ0v) is 16.3. The highest BCUT2D eigenvalue weighted by Crippen LogP contribution is 2.21. The molecule has 0 aliphatic carbocycles. The molecule has 0 unspecified atom stereocenters. The molecule has 0 saturated carbocycles. The van der Waals surface area contributed by atoms with Crippen LogP contribution in [-0.4, -0.2) is 47.1 Å². The number of rotatable bonds is 9. The number of nitrogens with zero attached hydrogens (tertiary/aromatic N) is 3. The lowest BCUT2D eigenvalue weighted by molar-refractivity contribution is -0.121. The Kier molecular flexibility index (Phi) is 7.20. The molecule has 2 aromatic rings. The van der Waals surface area contributed by atoms with Crippen LogP contribution in [0.25, 0.3) is 10.7 Å². The smallest absolute Gasteiger partial charge is 0.227 e. The summed E-state index contributed by atoms with van der Waals surface area (Å²) >= 11 is 1.57. The van der Waals surface area contributed by atoms with Crippen molar-refractivity contribution in [2.75, 3.05) is 26.2 Å². The Morgan fingerprint density at radius 3 is 3.00 bits per heavy atom. The lowest BCUT2D eigenvalue weighted by Crippen LogP contribution is -2.34. The van der Waals surface area contributed by atoms with E-state index in [1.54, 1.807) is 11.3 Å². The molecule has 26 heavy (non-hydrogen) atoms. The van der Waals surface area contributed by atoms with Crippen molar-refractivity contribution < 1.29 is 9.32 Å². The van der Waals surface area contributed by atoms with Gasteiger partial charge in [0, 0.05) is 19.4 Å². The van der Waals surface area contributed by atoms with Gasteiger partial charge in [0.15, 0.2) is 0 Å². The van der Waals surface area contributed by atoms with Crippen LogP contribution in [0, 0.1) is 5.92 Å². The average molecular weight is 377 g/mol. The van der Waals surface area contributed by atoms with Gasteiger partial charge in [-0.3, -0.25) is 4.79 Å². The number of aryl methyl sites for hydroxylation is 1. The molecule has 0 spiro atoms. The Morgan fingerprint density at radius 1 is 1.38 bits per heavy atom. The number of thiophene rings is 1. The molecule has 1 N–H and O–H groups in total. The molecule has 7 heteroatoms. The second kappa shape index (κ2) is 9.83. The first-order valence-corrected chi connectivity index (χ1v) is 10.4. The minimum absolute atomic E-state index is 0.0488. The van der Waals surface area contributed by atoms with E-state index in [9.17, 15) is 4.79 Å². The maximum absolute atomic E-state index is 11.9. The van der Waals surface area contributed by atoms with Crippen LogP contribution in [0.5, 0.6) is 0 Å². The molecule has 1 aliphatic heterocycles. The number of aromatic nitrogens is 2. The lowest BCUT2D eigenvalue weighted by Gasteiger charge is -2.30. The quantitative estimate of drug-likeness (QED) is 0.680. The number of piperidine rings is 1. The third-order valence-electron chi connectivity index (χ3n) is 4.88. The minimum atomic E-state index is 0.0488. The van der Waals surface area contributed by atoms with E-state index in [-0.39, 0.29) is 5.91 Å². The van der Waals surface area contributed by atoms with Crippen molar-refractivity contribution in [1.82, 2.24) is 20.4 Å². The molecule has 6 nitrogen and oxygen atoms in total. The van der Waals surface area contributed by atoms with Gasteiger partial charge in [0.2, 0.25) is 17.6 Å². The molecular weight excluding hydrogens is 348 g/mol. The predicted molar refractivity (Wildman–Crippen MR) is 103 cm³/mol. The highest BCUT2D eigenvalue weighted by atomic mass is 32.1. The predicted octanol–water partition coefficient (Wildman–Crippen LogP) is 3.36. The fourth-order valence-corrected chi connectivity index (χ4v) is 3.79. The summed E-state index contributed by atoms with van der Waals surface area (Å²) in [5, 5.41) is 8.92. The van der Waals surface area contributed by atoms with Crippen molar-refractivity contribution in [1.29, 1.82) is 0 Å². The number of amides is 1. The molecule has 0 radical (unpaired) electrons. The van der Waals surface area contributed by atoms with Crippen molar-refractivity contribution in [3.05, 3.63) is 23.4 Å². The van der Waals surface area contributed by atoms with Crippen LogP contribution in [0.3, 0.4) is 0 Å². The molecule has 3 rings (SSSR count). The van der Waals surface area contributed by atoms with Gasteiger partial charge in [-0.15, -0.1) is 11.3 Å². The second-order valence-corrected chi connectivity index (χ2v) is 8.02. The molecule has 1 aliphatic rings. The van der Waals surface area contributed by atoms with Gasteiger partial charge in [-0.1, -0.05) is 18.1 Å². The fourth-order valence-electron chi connectivity index (χ4n) is 3.15. The first-order chi connectivity index (χ1) is 12.7. The molecule has 142 valence electrons. The Bertz CT molecular complexity index is 663. The highest BCUT2D eigenvalue weighted by Gasteiger charge is 2.15. The molecule has 1 fully saturated rings. The van der Waals surface area contributed by atoms with Gasteiger partial charge in [-0.2, -0.15) is 4.98 Å². The summed E-state index contributed by atoms with van der Waals surface area (Å²) in [6.45, 7) is 6.68. The second-order valence-electron chi connectivity index (χ2n) is 7.07. The SMILES string of the molecule is CC1CCN(CCCCNC(=O)CCc2nc(-c3cccs3)no2)CC1. The van der Waals surface area contributed by atoms with Gasteiger partial charge in [0.05, 0.1) is 4.88 Å². The van der Waals surface area contributed by atoms with Crippen LogP contribution in [0.2, 0.25) is 0 Å². The normalized spacial score (nSPS) is 16.0. The summed E-state index contributed by atoms with van der Waals surface area (Å²) in [5.41, 5.74) is 0. The van der Waals surface area contributed by atoms with Crippen LogP contribution < -0.4 is 5.32 Å². The van der Waals surface area contributed by atoms with Gasteiger partial charge in [0.1, 0.15) is 0 Å². The highest BCUT2D eigenvalue weighted by molar-refractivity contribution is 7.13. The first-order valence-electron chi connectivity index (χ1n) is 9.56. The van der Waals surface area contributed by atoms with Crippen molar-refractivity contribution in [2.24, 2.45) is 5.92 Å². The Balaban J connectivity index is 1.25. The molecule has 1 amide bonds. The maximum Gasteiger partial charge on any atom is 0.227 e. The van der Waals surface area contributed by atoms with Gasteiger partial charge in [-0.25, -0.2) is 0 Å². The third kappa shape index (κ3) is 5.92. The van der Waals surface area contributed by atoms with Crippen molar-refractivity contribution in [2.45, 2.75) is 45.4 Å². The van der Waals surface area contributed by atoms with E-state index < -0.39 is 0 Å². The number of carbonyl (C=O) groups excluding carboxylic acids is 1. The summed E-state index contributed by atoms with van der Waals surface area (Å²) in [7, 11) is 0. The van der Waals surface area contributed by atoms with Crippen LogP contribution in [-0.2, 0) is 11.2 Å². The summed E-state index contributed by atoms with van der Waals surface area (Å²) < 4.78 is 5.22. The summed E-state index contributed by atoms with van der Waals surface area (Å²) in [4.78, 5) is 19.8. The summed E-state index contributed by atoms with van der Waals surface area (Å²) in [5.74, 6) is 2.05. The van der Waals surface area contributed by atoms with E-state index in [0.717, 1.165) is 36.7 Å². The topological polar surface area (TPSA) is 71.3 Å². The van der Waals surface area contributed by atoms with Crippen LogP contribution in [0.1, 0.15) is 44.9 Å². The van der Waals surface area contributed by atoms with Crippen molar-refractivity contribution >= 4 is 17.2 Å². The number of hydrogen-bond acceptors (Lipinski definition) is 6. The first kappa shape index (κ1) is 19.0. The largest absolute Gasteiger partial charge is 0.356 e. The Labute approximate surface area is 159 Å². The fraction of sp³-hybridized carbons (Fsp3) is 0.632. The van der Waals surface area contributed by atoms with Gasteiger partial charge in [0.25, 0.3) is 0 Å². The Hall–Kier alpha value is -1.73. The number of nitrogens with one attached hydrogen (secondary N) is 1. The number of carbonyl (C=O) groups is 1. The summed E-state index contributed by atoms with van der Waals surface area (Å²) in [6, 6.07) is 3.91. The van der Waals surface area contributed by atoms with E-state index in [2.05, 4.69) is 27.3 Å². The standard InChI is InChI=1S/C19H28N4O2S/c1-15-8-12-23(13-9-15)11-3-2-10-20-17(24)6-7-18-21-19(22-25-18)16-5-4-14-26-16/h4-5,14-15H,2-3,6-13H2,1H3,(H,20,24). The van der Waals surface area contributed by atoms with Crippen molar-refractivity contribution in [3.8, 4) is 10.7 Å². The molecule has 2 aromatic heterocycles. The number of likely N-dealkylation sites (tertiary alicyclic amines) is 1. The third-order valence-corrected chi connectivity index (χ3v) is 5.74. The maximum atomic E-state index is 11.9. The monoisotopic (exact) mass is 376 g/mol. The van der Waals surface area contributed by atoms with E-state index in [4.69, 9.17) is 4.52 Å². The average Bonchev–Trinajstić information content (AvgIpc) is 3.33. The zero-order valence-electron chi connectivity index (χ0n) is 15.4. The van der Waals surface area contributed by atoms with Gasteiger partial charge < -0.3 is 14.7 Å². The number of unbranched alkanes of at least 4 members (excludes halogenated alkanes) is 1. The van der Waals surface area contributed by atoms with E-state index in [1.165, 1.54) is 25.9 Å². The molecular formula is C19H28N4O2S. The van der Waals surface area contributed by atoms with Gasteiger partial charge >= 0.3 is 0 Å².